The summed E-state index contributed by atoms with van der Waals surface area (Å²) in [5, 5.41) is 9.09. The molecular weight excluding hydrogens is 321 g/mol. The first-order chi connectivity index (χ1) is 9.60. The predicted molar refractivity (Wildman–Crippen MR) is 78.6 cm³/mol. The first-order valence-electron chi connectivity index (χ1n) is 6.57. The van der Waals surface area contributed by atoms with Crippen LogP contribution in [0.2, 0.25) is 0 Å². The zero-order valence-electron chi connectivity index (χ0n) is 12.0. The molecule has 0 aliphatic rings. The SMILES string of the molecule is CCCCCCC(=O)N(S)[C@H](C(=O)O)[C@@H](C)OP(=O)(O)O. The number of carboxylic acid groups (broad SMARTS) is 1. The summed E-state index contributed by atoms with van der Waals surface area (Å²) in [4.78, 5) is 40.4. The van der Waals surface area contributed by atoms with Crippen LogP contribution in [0.3, 0.4) is 0 Å². The van der Waals surface area contributed by atoms with Crippen molar-refractivity contribution in [3.8, 4) is 0 Å². The molecule has 124 valence electrons. The lowest BCUT2D eigenvalue weighted by molar-refractivity contribution is -0.149. The molecule has 10 heteroatoms. The summed E-state index contributed by atoms with van der Waals surface area (Å²) in [5.41, 5.74) is 0. The van der Waals surface area contributed by atoms with E-state index >= 15 is 0 Å². The fourth-order valence-corrected chi connectivity index (χ4v) is 2.69. The summed E-state index contributed by atoms with van der Waals surface area (Å²) >= 11 is 3.84. The summed E-state index contributed by atoms with van der Waals surface area (Å²) in [6.45, 7) is 3.18. The highest BCUT2D eigenvalue weighted by Gasteiger charge is 2.36. The van der Waals surface area contributed by atoms with Crippen molar-refractivity contribution in [2.75, 3.05) is 0 Å². The van der Waals surface area contributed by atoms with Gasteiger partial charge >= 0.3 is 13.8 Å². The minimum atomic E-state index is -4.85. The fraction of sp³-hybridized carbons (Fsp3) is 0.818. The molecule has 0 spiro atoms. The van der Waals surface area contributed by atoms with Crippen LogP contribution < -0.4 is 0 Å². The van der Waals surface area contributed by atoms with Crippen LogP contribution >= 0.6 is 20.6 Å². The van der Waals surface area contributed by atoms with Gasteiger partial charge < -0.3 is 14.9 Å². The molecule has 8 nitrogen and oxygen atoms in total. The van der Waals surface area contributed by atoms with Gasteiger partial charge in [-0.3, -0.25) is 13.6 Å². The molecule has 0 rings (SSSR count). The normalized spacial score (nSPS) is 14.5. The third kappa shape index (κ3) is 8.43. The average molecular weight is 343 g/mol. The van der Waals surface area contributed by atoms with Gasteiger partial charge in [-0.25, -0.2) is 9.36 Å². The van der Waals surface area contributed by atoms with Gasteiger partial charge in [0, 0.05) is 6.42 Å². The van der Waals surface area contributed by atoms with Gasteiger partial charge in [0.25, 0.3) is 0 Å². The van der Waals surface area contributed by atoms with Gasteiger partial charge in [-0.15, -0.1) is 0 Å². The molecule has 1 amide bonds. The van der Waals surface area contributed by atoms with Crippen LogP contribution in [0.1, 0.15) is 46.0 Å². The van der Waals surface area contributed by atoms with E-state index in [0.717, 1.165) is 26.2 Å². The summed E-state index contributed by atoms with van der Waals surface area (Å²) < 4.78 is 15.7. The monoisotopic (exact) mass is 343 g/mol. The Balaban J connectivity index is 4.68. The van der Waals surface area contributed by atoms with E-state index in [-0.39, 0.29) is 6.42 Å². The van der Waals surface area contributed by atoms with E-state index in [4.69, 9.17) is 14.9 Å². The number of carbonyl (C=O) groups excluding carboxylic acids is 1. The Bertz CT molecular complexity index is 400. The molecule has 0 radical (unpaired) electrons. The summed E-state index contributed by atoms with van der Waals surface area (Å²) in [6, 6.07) is -1.58. The number of thiol groups is 1. The lowest BCUT2D eigenvalue weighted by Gasteiger charge is -2.28. The Morgan fingerprint density at radius 2 is 1.86 bits per heavy atom. The van der Waals surface area contributed by atoms with Gasteiger partial charge in [0.2, 0.25) is 5.91 Å². The second-order valence-electron chi connectivity index (χ2n) is 4.63. The van der Waals surface area contributed by atoms with Crippen molar-refractivity contribution in [1.82, 2.24) is 4.31 Å². The molecule has 0 aromatic heterocycles. The number of carboxylic acids is 1. The Morgan fingerprint density at radius 1 is 1.29 bits per heavy atom. The molecule has 0 saturated heterocycles. The van der Waals surface area contributed by atoms with Gasteiger partial charge in [-0.1, -0.05) is 39.0 Å². The van der Waals surface area contributed by atoms with Crippen molar-refractivity contribution in [3.63, 3.8) is 0 Å². The van der Waals surface area contributed by atoms with Crippen LogP contribution in [0.4, 0.5) is 0 Å². The molecule has 3 N–H and O–H groups in total. The second kappa shape index (κ2) is 9.42. The third-order valence-electron chi connectivity index (χ3n) is 2.76. The molecule has 0 aromatic rings. The topological polar surface area (TPSA) is 124 Å². The maximum Gasteiger partial charge on any atom is 0.469 e. The van der Waals surface area contributed by atoms with Crippen molar-refractivity contribution < 1.29 is 33.6 Å². The highest BCUT2D eigenvalue weighted by Crippen LogP contribution is 2.38. The highest BCUT2D eigenvalue weighted by atomic mass is 32.1. The largest absolute Gasteiger partial charge is 0.480 e. The van der Waals surface area contributed by atoms with Gasteiger partial charge in [0.05, 0.1) is 6.10 Å². The molecule has 0 fully saturated rings. The average Bonchev–Trinajstić information content (AvgIpc) is 2.31. The fourth-order valence-electron chi connectivity index (χ4n) is 1.75. The molecule has 0 aromatic carbocycles. The lowest BCUT2D eigenvalue weighted by Crippen LogP contribution is -2.46. The zero-order chi connectivity index (χ0) is 16.6. The standard InChI is InChI=1S/C11H22NO7PS/c1-3-4-5-6-7-9(13)12(21)10(11(14)15)8(2)19-20(16,17)18/h8,10,21H,3-7H2,1-2H3,(H,14,15)(H2,16,17,18)/t8-,10+/m1/s1. The molecule has 0 unspecified atom stereocenters. The van der Waals surface area contributed by atoms with Crippen LogP contribution in [0.25, 0.3) is 0 Å². The second-order valence-corrected chi connectivity index (χ2v) is 6.26. The molecule has 21 heavy (non-hydrogen) atoms. The van der Waals surface area contributed by atoms with Crippen LogP contribution in [0.5, 0.6) is 0 Å². The number of phosphoric ester groups is 1. The highest BCUT2D eigenvalue weighted by molar-refractivity contribution is 7.78. The van der Waals surface area contributed by atoms with E-state index in [0.29, 0.717) is 10.7 Å². The van der Waals surface area contributed by atoms with E-state index < -0.39 is 31.8 Å². The van der Waals surface area contributed by atoms with E-state index in [1.807, 2.05) is 6.92 Å². The lowest BCUT2D eigenvalue weighted by atomic mass is 10.1. The molecule has 2 atom stereocenters. The molecule has 0 heterocycles. The Kier molecular flexibility index (Phi) is 9.15. The minimum Gasteiger partial charge on any atom is -0.480 e. The summed E-state index contributed by atoms with van der Waals surface area (Å²) in [5.74, 6) is -1.98. The van der Waals surface area contributed by atoms with Crippen molar-refractivity contribution >= 4 is 32.5 Å². The van der Waals surface area contributed by atoms with E-state index in [9.17, 15) is 14.2 Å². The number of unbranched alkanes of at least 4 members (excludes halogenated alkanes) is 3. The number of rotatable bonds is 10. The Morgan fingerprint density at radius 3 is 2.29 bits per heavy atom. The van der Waals surface area contributed by atoms with Gasteiger partial charge in [0.1, 0.15) is 0 Å². The molecule has 0 bridgehead atoms. The third-order valence-corrected chi connectivity index (χ3v) is 3.84. The smallest absolute Gasteiger partial charge is 0.469 e. The number of aliphatic carboxylic acids is 1. The number of hydrogen-bond acceptors (Lipinski definition) is 5. The summed E-state index contributed by atoms with van der Waals surface area (Å²) in [7, 11) is -4.85. The maximum absolute atomic E-state index is 11.9. The van der Waals surface area contributed by atoms with Crippen molar-refractivity contribution in [2.24, 2.45) is 0 Å². The minimum absolute atomic E-state index is 0.121. The Labute approximate surface area is 129 Å². The number of amides is 1. The van der Waals surface area contributed by atoms with Crippen molar-refractivity contribution in [1.29, 1.82) is 0 Å². The summed E-state index contributed by atoms with van der Waals surface area (Å²) in [6.07, 6.45) is 2.14. The molecule has 0 aliphatic heterocycles. The molecular formula is C11H22NO7PS. The quantitative estimate of drug-likeness (QED) is 0.270. The van der Waals surface area contributed by atoms with Crippen LogP contribution in [0, 0.1) is 0 Å². The first kappa shape index (κ1) is 20.4. The predicted octanol–water partition coefficient (Wildman–Crippen LogP) is 1.58. The maximum atomic E-state index is 11.9. The van der Waals surface area contributed by atoms with Crippen LogP contribution in [-0.2, 0) is 18.7 Å². The first-order valence-corrected chi connectivity index (χ1v) is 8.50. The van der Waals surface area contributed by atoms with E-state index in [2.05, 4.69) is 17.3 Å². The zero-order valence-corrected chi connectivity index (χ0v) is 13.8. The number of phosphoric acid groups is 1. The number of carbonyl (C=O) groups is 2. The van der Waals surface area contributed by atoms with E-state index in [1.54, 1.807) is 0 Å². The van der Waals surface area contributed by atoms with Crippen LogP contribution in [-0.4, -0.2) is 43.2 Å². The molecule has 0 saturated carbocycles. The van der Waals surface area contributed by atoms with Gasteiger partial charge in [0.15, 0.2) is 6.04 Å². The van der Waals surface area contributed by atoms with Crippen LogP contribution in [0.15, 0.2) is 0 Å². The number of hydrogen-bond donors (Lipinski definition) is 4. The van der Waals surface area contributed by atoms with Gasteiger partial charge in [-0.05, 0) is 13.3 Å². The Hall–Kier alpha value is -0.600. The van der Waals surface area contributed by atoms with E-state index in [1.165, 1.54) is 0 Å². The van der Waals surface area contributed by atoms with Crippen molar-refractivity contribution in [3.05, 3.63) is 0 Å². The number of nitrogens with zero attached hydrogens (tertiary/aromatic N) is 1. The molecule has 0 aliphatic carbocycles. The van der Waals surface area contributed by atoms with Gasteiger partial charge in [-0.2, -0.15) is 0 Å². The van der Waals surface area contributed by atoms with Crippen molar-refractivity contribution in [2.45, 2.75) is 58.1 Å².